The van der Waals surface area contributed by atoms with Crippen molar-refractivity contribution < 1.29 is 20.1 Å². The van der Waals surface area contributed by atoms with Crippen molar-refractivity contribution in [1.29, 1.82) is 0 Å². The number of hydrogen-bond donors (Lipinski definition) is 3. The molecule has 0 heterocycles. The first-order chi connectivity index (χ1) is 13.2. The summed E-state index contributed by atoms with van der Waals surface area (Å²) < 4.78 is 0. The molecule has 0 radical (unpaired) electrons. The summed E-state index contributed by atoms with van der Waals surface area (Å²) in [4.78, 5) is 11.8. The lowest BCUT2D eigenvalue weighted by Crippen LogP contribution is -2.18. The van der Waals surface area contributed by atoms with Crippen molar-refractivity contribution in [2.45, 2.75) is 91.9 Å². The van der Waals surface area contributed by atoms with E-state index < -0.39 is 5.97 Å². The van der Waals surface area contributed by atoms with Gasteiger partial charge >= 0.3 is 5.97 Å². The predicted octanol–water partition coefficient (Wildman–Crippen LogP) is 6.38. The van der Waals surface area contributed by atoms with Crippen LogP contribution in [0.2, 0.25) is 0 Å². The van der Waals surface area contributed by atoms with Crippen molar-refractivity contribution in [3.8, 4) is 11.5 Å². The van der Waals surface area contributed by atoms with Crippen LogP contribution in [0.3, 0.4) is 0 Å². The van der Waals surface area contributed by atoms with Crippen LogP contribution in [-0.2, 0) is 12.8 Å². The lowest BCUT2D eigenvalue weighted by Gasteiger charge is -2.32. The van der Waals surface area contributed by atoms with Crippen LogP contribution in [0.5, 0.6) is 11.5 Å². The van der Waals surface area contributed by atoms with E-state index in [1.807, 2.05) is 0 Å². The molecule has 3 N–H and O–H groups in total. The lowest BCUT2D eigenvalue weighted by atomic mass is 9.73. The molecule has 0 aromatic heterocycles. The standard InChI is InChI=1S/C24H36O4/c1-5-6-7-8-9-10-18-14-20(25)19(22(26)21(18)23(27)28)13-17-11-12-24(3,4)15-16(17)2/h14,25-26H,5-13,15H2,1-4H3,(H,27,28). The zero-order valence-corrected chi connectivity index (χ0v) is 17.9. The highest BCUT2D eigenvalue weighted by atomic mass is 16.4. The van der Waals surface area contributed by atoms with E-state index in [9.17, 15) is 20.1 Å². The Bertz CT molecular complexity index is 743. The van der Waals surface area contributed by atoms with E-state index in [2.05, 4.69) is 27.7 Å². The maximum absolute atomic E-state index is 11.8. The highest BCUT2D eigenvalue weighted by molar-refractivity contribution is 5.93. The van der Waals surface area contributed by atoms with Gasteiger partial charge in [0.1, 0.15) is 17.1 Å². The van der Waals surface area contributed by atoms with Gasteiger partial charge in [-0.25, -0.2) is 4.79 Å². The second-order valence-corrected chi connectivity index (χ2v) is 9.13. The zero-order chi connectivity index (χ0) is 20.9. The third kappa shape index (κ3) is 5.52. The molecule has 4 nitrogen and oxygen atoms in total. The zero-order valence-electron chi connectivity index (χ0n) is 17.9. The Morgan fingerprint density at radius 2 is 1.82 bits per heavy atom. The van der Waals surface area contributed by atoms with Gasteiger partial charge in [-0.2, -0.15) is 0 Å². The Hall–Kier alpha value is -1.97. The molecule has 1 aliphatic rings. The van der Waals surface area contributed by atoms with Gasteiger partial charge in [-0.3, -0.25) is 0 Å². The molecule has 0 amide bonds. The summed E-state index contributed by atoms with van der Waals surface area (Å²) in [5, 5.41) is 31.0. The Balaban J connectivity index is 2.27. The summed E-state index contributed by atoms with van der Waals surface area (Å²) in [7, 11) is 0. The van der Waals surface area contributed by atoms with E-state index in [0.717, 1.165) is 44.9 Å². The number of hydrogen-bond acceptors (Lipinski definition) is 3. The first kappa shape index (κ1) is 22.3. The molecule has 0 spiro atoms. The van der Waals surface area contributed by atoms with Crippen LogP contribution in [0.1, 0.15) is 101 Å². The van der Waals surface area contributed by atoms with Gasteiger partial charge in [0, 0.05) is 12.0 Å². The average Bonchev–Trinajstić information content (AvgIpc) is 2.59. The monoisotopic (exact) mass is 388 g/mol. The van der Waals surface area contributed by atoms with Gasteiger partial charge in [-0.1, -0.05) is 57.6 Å². The molecule has 156 valence electrons. The van der Waals surface area contributed by atoms with Crippen molar-refractivity contribution in [1.82, 2.24) is 0 Å². The van der Waals surface area contributed by atoms with Crippen molar-refractivity contribution in [3.05, 3.63) is 33.9 Å². The molecule has 4 heteroatoms. The molecule has 0 saturated carbocycles. The summed E-state index contributed by atoms with van der Waals surface area (Å²) in [5.74, 6) is -1.38. The topological polar surface area (TPSA) is 77.8 Å². The van der Waals surface area contributed by atoms with Gasteiger partial charge in [0.05, 0.1) is 0 Å². The number of carbonyl (C=O) groups is 1. The molecular formula is C24H36O4. The normalized spacial score (nSPS) is 16.4. The van der Waals surface area contributed by atoms with Crippen molar-refractivity contribution in [2.75, 3.05) is 0 Å². The Morgan fingerprint density at radius 1 is 1.14 bits per heavy atom. The molecule has 0 atom stereocenters. The summed E-state index contributed by atoms with van der Waals surface area (Å²) in [6.45, 7) is 8.76. The fraction of sp³-hybridized carbons (Fsp3) is 0.625. The molecule has 2 rings (SSSR count). The van der Waals surface area contributed by atoms with E-state index in [-0.39, 0.29) is 22.5 Å². The minimum Gasteiger partial charge on any atom is -0.508 e. The van der Waals surface area contributed by atoms with Crippen LogP contribution in [-0.4, -0.2) is 21.3 Å². The van der Waals surface area contributed by atoms with Gasteiger partial charge in [0.2, 0.25) is 0 Å². The number of phenols is 2. The third-order valence-electron chi connectivity index (χ3n) is 6.07. The molecule has 0 fully saturated rings. The summed E-state index contributed by atoms with van der Waals surface area (Å²) in [6, 6.07) is 1.56. The van der Waals surface area contributed by atoms with Crippen molar-refractivity contribution >= 4 is 5.97 Å². The number of rotatable bonds is 9. The number of aromatic hydroxyl groups is 2. The number of allylic oxidation sites excluding steroid dienone is 2. The van der Waals surface area contributed by atoms with Crippen LogP contribution >= 0.6 is 0 Å². The molecule has 0 bridgehead atoms. The van der Waals surface area contributed by atoms with E-state index >= 15 is 0 Å². The number of carboxylic acids is 1. The largest absolute Gasteiger partial charge is 0.508 e. The highest BCUT2D eigenvalue weighted by Crippen LogP contribution is 2.42. The number of carboxylic acid groups (broad SMARTS) is 1. The van der Waals surface area contributed by atoms with Crippen molar-refractivity contribution in [2.24, 2.45) is 5.41 Å². The third-order valence-corrected chi connectivity index (χ3v) is 6.07. The average molecular weight is 389 g/mol. The summed E-state index contributed by atoms with van der Waals surface area (Å²) >= 11 is 0. The Morgan fingerprint density at radius 3 is 2.43 bits per heavy atom. The van der Waals surface area contributed by atoms with E-state index in [1.165, 1.54) is 17.6 Å². The SMILES string of the molecule is CCCCCCCc1cc(O)c(CC2=C(C)CC(C)(C)CC2)c(O)c1C(=O)O. The Kier molecular flexibility index (Phi) is 7.56. The van der Waals surface area contributed by atoms with Crippen LogP contribution < -0.4 is 0 Å². The van der Waals surface area contributed by atoms with Gasteiger partial charge in [-0.05, 0) is 56.1 Å². The lowest BCUT2D eigenvalue weighted by molar-refractivity contribution is 0.0692. The molecular weight excluding hydrogens is 352 g/mol. The maximum atomic E-state index is 11.8. The number of phenolic OH excluding ortho intramolecular Hbond substituents is 1. The first-order valence-corrected chi connectivity index (χ1v) is 10.6. The van der Waals surface area contributed by atoms with E-state index in [4.69, 9.17) is 0 Å². The Labute approximate surface area is 169 Å². The van der Waals surface area contributed by atoms with Gasteiger partial charge in [-0.15, -0.1) is 0 Å². The smallest absolute Gasteiger partial charge is 0.339 e. The molecule has 1 aromatic rings. The minimum atomic E-state index is -1.13. The van der Waals surface area contributed by atoms with Crippen LogP contribution in [0.4, 0.5) is 0 Å². The number of benzene rings is 1. The fourth-order valence-corrected chi connectivity index (χ4v) is 4.36. The maximum Gasteiger partial charge on any atom is 0.339 e. The van der Waals surface area contributed by atoms with E-state index in [0.29, 0.717) is 24.0 Å². The molecule has 1 aliphatic carbocycles. The van der Waals surface area contributed by atoms with Gasteiger partial charge < -0.3 is 15.3 Å². The quantitative estimate of drug-likeness (QED) is 0.339. The van der Waals surface area contributed by atoms with E-state index in [1.54, 1.807) is 6.07 Å². The summed E-state index contributed by atoms with van der Waals surface area (Å²) in [5.41, 5.74) is 3.59. The number of aromatic carboxylic acids is 1. The molecule has 28 heavy (non-hydrogen) atoms. The molecule has 0 unspecified atom stereocenters. The van der Waals surface area contributed by atoms with Crippen molar-refractivity contribution in [3.63, 3.8) is 0 Å². The second-order valence-electron chi connectivity index (χ2n) is 9.13. The van der Waals surface area contributed by atoms with Crippen LogP contribution in [0.25, 0.3) is 0 Å². The van der Waals surface area contributed by atoms with Gasteiger partial charge in [0.25, 0.3) is 0 Å². The molecule has 0 saturated heterocycles. The predicted molar refractivity (Wildman–Crippen MR) is 113 cm³/mol. The van der Waals surface area contributed by atoms with Gasteiger partial charge in [0.15, 0.2) is 0 Å². The van der Waals surface area contributed by atoms with Crippen LogP contribution in [0.15, 0.2) is 17.2 Å². The highest BCUT2D eigenvalue weighted by Gasteiger charge is 2.27. The minimum absolute atomic E-state index is 0.0104. The summed E-state index contributed by atoms with van der Waals surface area (Å²) in [6.07, 6.45) is 9.27. The van der Waals surface area contributed by atoms with Crippen LogP contribution in [0, 0.1) is 5.41 Å². The molecule has 1 aromatic carbocycles. The fourth-order valence-electron chi connectivity index (χ4n) is 4.36. The second kappa shape index (κ2) is 9.49. The number of aryl methyl sites for hydroxylation is 1. The first-order valence-electron chi connectivity index (χ1n) is 10.6. The molecule has 0 aliphatic heterocycles. The number of unbranched alkanes of at least 4 members (excludes halogenated alkanes) is 4.